The van der Waals surface area contributed by atoms with Gasteiger partial charge in [0.25, 0.3) is 0 Å². The minimum absolute atomic E-state index is 0.575. The van der Waals surface area contributed by atoms with E-state index in [1.165, 1.54) is 16.6 Å². The van der Waals surface area contributed by atoms with E-state index >= 15 is 0 Å². The van der Waals surface area contributed by atoms with Gasteiger partial charge in [-0.1, -0.05) is 13.8 Å². The minimum atomic E-state index is 0.575. The molecular formula is C10H14N2. The summed E-state index contributed by atoms with van der Waals surface area (Å²) in [5.74, 6) is 0.575. The van der Waals surface area contributed by atoms with Crippen LogP contribution >= 0.6 is 0 Å². The van der Waals surface area contributed by atoms with E-state index in [0.717, 1.165) is 0 Å². The molecule has 0 spiro atoms. The lowest BCUT2D eigenvalue weighted by Gasteiger charge is -2.06. The van der Waals surface area contributed by atoms with E-state index in [9.17, 15) is 0 Å². The molecule has 12 heavy (non-hydrogen) atoms. The highest BCUT2D eigenvalue weighted by atomic mass is 15.0. The highest BCUT2D eigenvalue weighted by molar-refractivity contribution is 5.82. The molecule has 0 aliphatic carbocycles. The van der Waals surface area contributed by atoms with Crippen LogP contribution in [0.15, 0.2) is 18.5 Å². The topological polar surface area (TPSA) is 20.7 Å². The number of nitrogens with zero attached hydrogens (tertiary/aromatic N) is 1. The van der Waals surface area contributed by atoms with Crippen molar-refractivity contribution in [1.82, 2.24) is 9.55 Å². The Morgan fingerprint density at radius 2 is 2.17 bits per heavy atom. The van der Waals surface area contributed by atoms with E-state index in [2.05, 4.69) is 42.7 Å². The number of aromatic amines is 1. The van der Waals surface area contributed by atoms with Gasteiger partial charge in [-0.3, -0.25) is 0 Å². The van der Waals surface area contributed by atoms with Crippen molar-refractivity contribution >= 4 is 10.9 Å². The lowest BCUT2D eigenvalue weighted by molar-refractivity contribution is 0.746. The molecule has 0 bridgehead atoms. The lowest BCUT2D eigenvalue weighted by Crippen LogP contribution is -1.97. The van der Waals surface area contributed by atoms with Gasteiger partial charge in [-0.2, -0.15) is 0 Å². The summed E-state index contributed by atoms with van der Waals surface area (Å²) in [6.07, 6.45) is 4.16. The number of nitrogens with one attached hydrogen (secondary N) is 1. The minimum Gasteiger partial charge on any atom is -0.360 e. The van der Waals surface area contributed by atoms with Gasteiger partial charge in [0, 0.05) is 30.5 Å². The largest absolute Gasteiger partial charge is 0.360 e. The van der Waals surface area contributed by atoms with Gasteiger partial charge in [0.2, 0.25) is 0 Å². The zero-order valence-corrected chi connectivity index (χ0v) is 7.76. The van der Waals surface area contributed by atoms with Crippen LogP contribution in [0, 0.1) is 0 Å². The molecule has 2 nitrogen and oxygen atoms in total. The second kappa shape index (κ2) is 2.41. The molecule has 2 aromatic heterocycles. The number of fused-ring (bicyclic) bond motifs is 1. The number of hydrogen-bond acceptors (Lipinski definition) is 0. The first-order chi connectivity index (χ1) is 5.70. The Kier molecular flexibility index (Phi) is 1.50. The van der Waals surface area contributed by atoms with Crippen LogP contribution in [-0.4, -0.2) is 9.55 Å². The predicted octanol–water partition coefficient (Wildman–Crippen LogP) is 2.63. The van der Waals surface area contributed by atoms with Gasteiger partial charge in [0.15, 0.2) is 0 Å². The number of H-pyrrole nitrogens is 1. The van der Waals surface area contributed by atoms with Gasteiger partial charge < -0.3 is 9.55 Å². The molecule has 0 unspecified atom stereocenters. The number of aromatic nitrogens is 2. The monoisotopic (exact) mass is 162 g/mol. The Bertz CT molecular complexity index is 393. The van der Waals surface area contributed by atoms with Crippen LogP contribution in [-0.2, 0) is 7.05 Å². The fraction of sp³-hybridized carbons (Fsp3) is 0.400. The molecule has 0 radical (unpaired) electrons. The summed E-state index contributed by atoms with van der Waals surface area (Å²) >= 11 is 0. The maximum atomic E-state index is 3.27. The zero-order valence-electron chi connectivity index (χ0n) is 7.76. The SMILES string of the molecule is CC(C)c1c2[nH]ccc2cn1C. The van der Waals surface area contributed by atoms with E-state index in [-0.39, 0.29) is 0 Å². The second-order valence-electron chi connectivity index (χ2n) is 3.59. The standard InChI is InChI=1S/C10H14N2/c1-7(2)10-9-8(4-5-11-9)6-12(10)3/h4-7,11H,1-3H3. The molecule has 2 heterocycles. The van der Waals surface area contributed by atoms with Crippen molar-refractivity contribution in [2.45, 2.75) is 19.8 Å². The molecule has 2 heteroatoms. The molecule has 0 aliphatic heterocycles. The first-order valence-corrected chi connectivity index (χ1v) is 4.32. The first-order valence-electron chi connectivity index (χ1n) is 4.32. The van der Waals surface area contributed by atoms with Gasteiger partial charge in [0.05, 0.1) is 5.52 Å². The van der Waals surface area contributed by atoms with Gasteiger partial charge in [-0.05, 0) is 12.0 Å². The lowest BCUT2D eigenvalue weighted by atomic mass is 10.1. The maximum absolute atomic E-state index is 3.27. The second-order valence-corrected chi connectivity index (χ2v) is 3.59. The molecule has 2 rings (SSSR count). The molecular weight excluding hydrogens is 148 g/mol. The van der Waals surface area contributed by atoms with Crippen molar-refractivity contribution in [2.24, 2.45) is 7.05 Å². The van der Waals surface area contributed by atoms with E-state index in [1.54, 1.807) is 0 Å². The molecule has 0 fully saturated rings. The fourth-order valence-electron chi connectivity index (χ4n) is 1.86. The third kappa shape index (κ3) is 0.876. The van der Waals surface area contributed by atoms with Gasteiger partial charge in [-0.25, -0.2) is 0 Å². The Balaban J connectivity index is 2.76. The van der Waals surface area contributed by atoms with Crippen LogP contribution in [0.3, 0.4) is 0 Å². The smallest absolute Gasteiger partial charge is 0.0669 e. The highest BCUT2D eigenvalue weighted by Crippen LogP contribution is 2.25. The zero-order chi connectivity index (χ0) is 8.72. The average molecular weight is 162 g/mol. The van der Waals surface area contributed by atoms with Crippen LogP contribution in [0.5, 0.6) is 0 Å². The number of rotatable bonds is 1. The molecule has 0 aromatic carbocycles. The summed E-state index contributed by atoms with van der Waals surface area (Å²) in [5, 5.41) is 1.31. The molecule has 0 saturated carbocycles. The summed E-state index contributed by atoms with van der Waals surface area (Å²) in [6, 6.07) is 2.11. The van der Waals surface area contributed by atoms with Gasteiger partial charge in [-0.15, -0.1) is 0 Å². The molecule has 64 valence electrons. The van der Waals surface area contributed by atoms with Crippen molar-refractivity contribution in [3.63, 3.8) is 0 Å². The van der Waals surface area contributed by atoms with Crippen LogP contribution in [0.4, 0.5) is 0 Å². The molecule has 0 amide bonds. The van der Waals surface area contributed by atoms with E-state index in [4.69, 9.17) is 0 Å². The average Bonchev–Trinajstić information content (AvgIpc) is 2.44. The van der Waals surface area contributed by atoms with Gasteiger partial charge in [0.1, 0.15) is 0 Å². The van der Waals surface area contributed by atoms with Crippen molar-refractivity contribution in [3.8, 4) is 0 Å². The molecule has 0 saturated heterocycles. The Hall–Kier alpha value is -1.18. The first kappa shape index (κ1) is 7.47. The Morgan fingerprint density at radius 3 is 2.83 bits per heavy atom. The summed E-state index contributed by atoms with van der Waals surface area (Å²) in [6.45, 7) is 4.44. The molecule has 0 atom stereocenters. The third-order valence-electron chi connectivity index (χ3n) is 2.29. The van der Waals surface area contributed by atoms with Crippen LogP contribution in [0.25, 0.3) is 10.9 Å². The Morgan fingerprint density at radius 1 is 1.42 bits per heavy atom. The van der Waals surface area contributed by atoms with Gasteiger partial charge >= 0.3 is 0 Å². The van der Waals surface area contributed by atoms with Crippen LogP contribution in [0.2, 0.25) is 0 Å². The van der Waals surface area contributed by atoms with Crippen molar-refractivity contribution in [3.05, 3.63) is 24.2 Å². The van der Waals surface area contributed by atoms with Crippen LogP contribution in [0.1, 0.15) is 25.5 Å². The summed E-state index contributed by atoms with van der Waals surface area (Å²) in [4.78, 5) is 3.27. The summed E-state index contributed by atoms with van der Waals surface area (Å²) in [5.41, 5.74) is 2.67. The normalized spacial score (nSPS) is 11.7. The van der Waals surface area contributed by atoms with E-state index in [0.29, 0.717) is 5.92 Å². The summed E-state index contributed by atoms with van der Waals surface area (Å²) in [7, 11) is 2.10. The van der Waals surface area contributed by atoms with E-state index < -0.39 is 0 Å². The molecule has 2 aromatic rings. The van der Waals surface area contributed by atoms with Crippen LogP contribution < -0.4 is 0 Å². The fourth-order valence-corrected chi connectivity index (χ4v) is 1.86. The van der Waals surface area contributed by atoms with Crippen molar-refractivity contribution < 1.29 is 0 Å². The summed E-state index contributed by atoms with van der Waals surface area (Å²) < 4.78 is 2.20. The predicted molar refractivity (Wildman–Crippen MR) is 51.4 cm³/mol. The highest BCUT2D eigenvalue weighted by Gasteiger charge is 2.10. The van der Waals surface area contributed by atoms with E-state index in [1.807, 2.05) is 6.20 Å². The van der Waals surface area contributed by atoms with Crippen molar-refractivity contribution in [1.29, 1.82) is 0 Å². The van der Waals surface area contributed by atoms with Crippen molar-refractivity contribution in [2.75, 3.05) is 0 Å². The number of aryl methyl sites for hydroxylation is 1. The maximum Gasteiger partial charge on any atom is 0.0669 e. The molecule has 1 N–H and O–H groups in total. The third-order valence-corrected chi connectivity index (χ3v) is 2.29. The Labute approximate surface area is 72.2 Å². The number of hydrogen-bond donors (Lipinski definition) is 1. The quantitative estimate of drug-likeness (QED) is 0.665. The molecule has 0 aliphatic rings.